The summed E-state index contributed by atoms with van der Waals surface area (Å²) in [5.41, 5.74) is 2.92. The summed E-state index contributed by atoms with van der Waals surface area (Å²) in [6.07, 6.45) is 4.70. The van der Waals surface area contributed by atoms with Crippen molar-refractivity contribution in [1.29, 1.82) is 0 Å². The van der Waals surface area contributed by atoms with Gasteiger partial charge in [0, 0.05) is 17.9 Å². The third-order valence-corrected chi connectivity index (χ3v) is 6.98. The van der Waals surface area contributed by atoms with E-state index in [9.17, 15) is 4.79 Å². The molecule has 6 heteroatoms. The van der Waals surface area contributed by atoms with Gasteiger partial charge in [-0.05, 0) is 74.8 Å². The molecule has 1 aliphatic carbocycles. The fourth-order valence-corrected chi connectivity index (χ4v) is 5.15. The van der Waals surface area contributed by atoms with E-state index in [1.807, 2.05) is 0 Å². The lowest BCUT2D eigenvalue weighted by Gasteiger charge is -2.40. The Labute approximate surface area is 189 Å². The largest absolute Gasteiger partial charge is 0.496 e. The third kappa shape index (κ3) is 3.84. The number of allylic oxidation sites excluding steroid dienone is 1. The predicted octanol–water partition coefficient (Wildman–Crippen LogP) is 4.50. The molecule has 170 valence electrons. The Hall–Kier alpha value is -2.99. The molecule has 2 aromatic rings. The van der Waals surface area contributed by atoms with Crippen molar-refractivity contribution in [2.75, 3.05) is 34.9 Å². The van der Waals surface area contributed by atoms with Crippen LogP contribution in [0.4, 0.5) is 0 Å². The minimum atomic E-state index is -0.384. The molecule has 2 atom stereocenters. The number of carbonyl (C=O) groups is 1. The molecule has 0 spiro atoms. The first-order chi connectivity index (χ1) is 15.4. The smallest absolute Gasteiger partial charge is 0.343 e. The van der Waals surface area contributed by atoms with Gasteiger partial charge in [-0.1, -0.05) is 12.1 Å². The summed E-state index contributed by atoms with van der Waals surface area (Å²) < 4.78 is 21.8. The number of aryl methyl sites for hydroxylation is 1. The van der Waals surface area contributed by atoms with Crippen LogP contribution in [0.2, 0.25) is 0 Å². The summed E-state index contributed by atoms with van der Waals surface area (Å²) >= 11 is 0. The van der Waals surface area contributed by atoms with E-state index in [-0.39, 0.29) is 17.4 Å². The van der Waals surface area contributed by atoms with Crippen LogP contribution in [-0.2, 0) is 10.2 Å². The minimum absolute atomic E-state index is 0.0189. The molecule has 0 bridgehead atoms. The van der Waals surface area contributed by atoms with Gasteiger partial charge in [0.05, 0.1) is 26.9 Å². The van der Waals surface area contributed by atoms with Crippen LogP contribution in [0.25, 0.3) is 0 Å². The van der Waals surface area contributed by atoms with E-state index in [2.05, 4.69) is 43.1 Å². The maximum Gasteiger partial charge on any atom is 0.343 e. The van der Waals surface area contributed by atoms with Crippen LogP contribution in [-0.4, -0.2) is 51.8 Å². The van der Waals surface area contributed by atoms with Crippen LogP contribution in [0, 0.1) is 6.92 Å². The molecule has 1 saturated heterocycles. The maximum absolute atomic E-state index is 12.8. The molecule has 0 radical (unpaired) electrons. The van der Waals surface area contributed by atoms with Crippen LogP contribution in [0.5, 0.6) is 17.2 Å². The number of likely N-dealkylation sites (tertiary alicyclic amines) is 1. The van der Waals surface area contributed by atoms with Crippen molar-refractivity contribution in [3.8, 4) is 17.2 Å². The van der Waals surface area contributed by atoms with Gasteiger partial charge < -0.3 is 23.8 Å². The van der Waals surface area contributed by atoms with E-state index >= 15 is 0 Å². The van der Waals surface area contributed by atoms with Crippen LogP contribution in [0.3, 0.4) is 0 Å². The Morgan fingerprint density at radius 2 is 1.72 bits per heavy atom. The summed E-state index contributed by atoms with van der Waals surface area (Å²) in [5.74, 6) is 2.33. The number of fused-ring (bicyclic) bond motifs is 1. The molecule has 32 heavy (non-hydrogen) atoms. The summed E-state index contributed by atoms with van der Waals surface area (Å²) in [4.78, 5) is 15.2. The molecule has 0 saturated carbocycles. The lowest BCUT2D eigenvalue weighted by Crippen LogP contribution is -2.43. The molecular formula is C26H31NO5. The topological polar surface area (TPSA) is 57.2 Å². The Bertz CT molecular complexity index is 1050. The second kappa shape index (κ2) is 8.87. The zero-order valence-corrected chi connectivity index (χ0v) is 19.4. The lowest BCUT2D eigenvalue weighted by atomic mass is 9.68. The zero-order valence-electron chi connectivity index (χ0n) is 19.4. The first kappa shape index (κ1) is 22.2. The Balaban J connectivity index is 1.57. The summed E-state index contributed by atoms with van der Waals surface area (Å²) in [6.45, 7) is 3.10. The molecule has 1 heterocycles. The van der Waals surface area contributed by atoms with Crippen molar-refractivity contribution in [3.63, 3.8) is 0 Å². The molecule has 4 rings (SSSR count). The maximum atomic E-state index is 12.8. The highest BCUT2D eigenvalue weighted by Gasteiger charge is 2.49. The number of esters is 1. The molecule has 2 aromatic carbocycles. The SMILES string of the molecule is COc1ccc([C@@]23CC=C(OC(=O)c4ccc(OC)c(OC)c4)C[C@@H]2N(C)CC3)cc1C. The molecule has 2 aliphatic rings. The second-order valence-electron chi connectivity index (χ2n) is 8.62. The number of likely N-dealkylation sites (N-methyl/N-ethyl adjacent to an activating group) is 1. The summed E-state index contributed by atoms with van der Waals surface area (Å²) in [6, 6.07) is 11.8. The zero-order chi connectivity index (χ0) is 22.9. The third-order valence-electron chi connectivity index (χ3n) is 6.98. The lowest BCUT2D eigenvalue weighted by molar-refractivity contribution is 0.0579. The van der Waals surface area contributed by atoms with Gasteiger partial charge in [0.1, 0.15) is 11.5 Å². The van der Waals surface area contributed by atoms with Crippen LogP contribution in [0.1, 0.15) is 40.7 Å². The van der Waals surface area contributed by atoms with E-state index in [1.54, 1.807) is 39.5 Å². The first-order valence-corrected chi connectivity index (χ1v) is 10.9. The van der Waals surface area contributed by atoms with E-state index in [4.69, 9.17) is 18.9 Å². The standard InChI is InChI=1S/C26H31NO5/c1-17-14-19(7-9-21(17)29-3)26-11-10-20(16-24(26)27(2)13-12-26)32-25(28)18-6-8-22(30-4)23(15-18)31-5/h6-10,14-15,24H,11-13,16H2,1-5H3/t24-,26-/m0/s1. The molecule has 0 N–H and O–H groups in total. The number of methoxy groups -OCH3 is 3. The van der Waals surface area contributed by atoms with Crippen molar-refractivity contribution in [2.24, 2.45) is 0 Å². The van der Waals surface area contributed by atoms with Gasteiger partial charge in [0.15, 0.2) is 11.5 Å². The number of benzene rings is 2. The fourth-order valence-electron chi connectivity index (χ4n) is 5.15. The molecule has 1 aliphatic heterocycles. The van der Waals surface area contributed by atoms with Gasteiger partial charge in [-0.25, -0.2) is 4.79 Å². The molecule has 0 aromatic heterocycles. The highest BCUT2D eigenvalue weighted by atomic mass is 16.5. The number of ether oxygens (including phenoxy) is 4. The van der Waals surface area contributed by atoms with Gasteiger partial charge in [0.2, 0.25) is 0 Å². The number of hydrogen-bond donors (Lipinski definition) is 0. The Morgan fingerprint density at radius 3 is 2.41 bits per heavy atom. The van der Waals surface area contributed by atoms with Crippen molar-refractivity contribution >= 4 is 5.97 Å². The number of rotatable bonds is 6. The van der Waals surface area contributed by atoms with Gasteiger partial charge in [-0.2, -0.15) is 0 Å². The highest BCUT2D eigenvalue weighted by Crippen LogP contribution is 2.48. The van der Waals surface area contributed by atoms with Gasteiger partial charge in [-0.15, -0.1) is 0 Å². The van der Waals surface area contributed by atoms with E-state index in [0.29, 0.717) is 23.5 Å². The average molecular weight is 438 g/mol. The Morgan fingerprint density at radius 1 is 1.00 bits per heavy atom. The molecule has 1 fully saturated rings. The number of hydrogen-bond acceptors (Lipinski definition) is 6. The number of nitrogens with zero attached hydrogens (tertiary/aromatic N) is 1. The predicted molar refractivity (Wildman–Crippen MR) is 123 cm³/mol. The molecular weight excluding hydrogens is 406 g/mol. The van der Waals surface area contributed by atoms with Crippen molar-refractivity contribution in [1.82, 2.24) is 4.90 Å². The average Bonchev–Trinajstić information content (AvgIpc) is 3.15. The second-order valence-corrected chi connectivity index (χ2v) is 8.62. The highest BCUT2D eigenvalue weighted by molar-refractivity contribution is 5.91. The van der Waals surface area contributed by atoms with Gasteiger partial charge >= 0.3 is 5.97 Å². The van der Waals surface area contributed by atoms with Crippen LogP contribution in [0.15, 0.2) is 48.2 Å². The van der Waals surface area contributed by atoms with Crippen molar-refractivity contribution < 1.29 is 23.7 Å². The number of carbonyl (C=O) groups excluding carboxylic acids is 1. The quantitative estimate of drug-likeness (QED) is 0.621. The summed E-state index contributed by atoms with van der Waals surface area (Å²) in [7, 11) is 6.97. The first-order valence-electron chi connectivity index (χ1n) is 10.9. The molecule has 0 unspecified atom stereocenters. The van der Waals surface area contributed by atoms with Crippen LogP contribution >= 0.6 is 0 Å². The molecule has 0 amide bonds. The van der Waals surface area contributed by atoms with Crippen molar-refractivity contribution in [3.05, 3.63) is 64.9 Å². The van der Waals surface area contributed by atoms with Crippen LogP contribution < -0.4 is 14.2 Å². The van der Waals surface area contributed by atoms with E-state index in [0.717, 1.165) is 36.5 Å². The fraction of sp³-hybridized carbons (Fsp3) is 0.423. The Kier molecular flexibility index (Phi) is 6.15. The monoisotopic (exact) mass is 437 g/mol. The molecule has 6 nitrogen and oxygen atoms in total. The van der Waals surface area contributed by atoms with E-state index in [1.165, 1.54) is 5.56 Å². The summed E-state index contributed by atoms with van der Waals surface area (Å²) in [5, 5.41) is 0. The minimum Gasteiger partial charge on any atom is -0.496 e. The normalized spacial score (nSPS) is 22.7. The van der Waals surface area contributed by atoms with E-state index < -0.39 is 0 Å². The van der Waals surface area contributed by atoms with Crippen molar-refractivity contribution in [2.45, 2.75) is 37.6 Å². The van der Waals surface area contributed by atoms with Gasteiger partial charge in [0.25, 0.3) is 0 Å². The van der Waals surface area contributed by atoms with Gasteiger partial charge in [-0.3, -0.25) is 0 Å².